The number of fused-ring (bicyclic) bond motifs is 1. The Morgan fingerprint density at radius 1 is 1.13 bits per heavy atom. The van der Waals surface area contributed by atoms with Crippen molar-refractivity contribution in [2.24, 2.45) is 0 Å². The Balaban J connectivity index is 1.31. The van der Waals surface area contributed by atoms with Gasteiger partial charge in [-0.15, -0.1) is 11.3 Å². The molecule has 2 N–H and O–H groups in total. The second kappa shape index (κ2) is 7.49. The fourth-order valence-electron chi connectivity index (χ4n) is 3.17. The third-order valence-corrected chi connectivity index (χ3v) is 5.42. The molecule has 148 valence electrons. The van der Waals surface area contributed by atoms with Crippen LogP contribution < -0.4 is 15.4 Å². The van der Waals surface area contributed by atoms with Crippen LogP contribution in [-0.2, 0) is 4.79 Å². The van der Waals surface area contributed by atoms with Gasteiger partial charge in [-0.1, -0.05) is 0 Å². The number of amides is 2. The van der Waals surface area contributed by atoms with E-state index in [0.29, 0.717) is 27.8 Å². The molecule has 2 aromatic carbocycles. The smallest absolute Gasteiger partial charge is 0.262 e. The third-order valence-electron chi connectivity index (χ3n) is 4.66. The Hall–Kier alpha value is -3.91. The summed E-state index contributed by atoms with van der Waals surface area (Å²) in [6.07, 6.45) is 3.90. The Morgan fingerprint density at radius 2 is 1.93 bits per heavy atom. The van der Waals surface area contributed by atoms with Crippen LogP contribution in [0.25, 0.3) is 16.9 Å². The Labute approximate surface area is 176 Å². The van der Waals surface area contributed by atoms with Crippen LogP contribution in [0.5, 0.6) is 5.75 Å². The molecule has 0 atom stereocenters. The largest absolute Gasteiger partial charge is 0.482 e. The molecular formula is C22H16N4O3S. The first-order chi connectivity index (χ1) is 14.7. The van der Waals surface area contributed by atoms with Crippen LogP contribution in [0.3, 0.4) is 0 Å². The molecule has 0 saturated carbocycles. The normalized spacial score (nSPS) is 12.6. The second-order valence-corrected chi connectivity index (χ2v) is 7.54. The fraction of sp³-hybridized carbons (Fsp3) is 0.0455. The molecule has 0 unspecified atom stereocenters. The number of thiazole rings is 1. The van der Waals surface area contributed by atoms with Gasteiger partial charge in [0, 0.05) is 34.6 Å². The third kappa shape index (κ3) is 3.56. The van der Waals surface area contributed by atoms with Gasteiger partial charge in [-0.3, -0.25) is 14.9 Å². The Bertz CT molecular complexity index is 1230. The van der Waals surface area contributed by atoms with Crippen LogP contribution in [-0.4, -0.2) is 28.0 Å². The number of hydrogen-bond acceptors (Lipinski definition) is 5. The predicted octanol–water partition coefficient (Wildman–Crippen LogP) is 4.18. The molecule has 2 aromatic heterocycles. The summed E-state index contributed by atoms with van der Waals surface area (Å²) in [6, 6.07) is 16.7. The van der Waals surface area contributed by atoms with E-state index >= 15 is 0 Å². The molecule has 2 amide bonds. The van der Waals surface area contributed by atoms with E-state index in [9.17, 15) is 9.59 Å². The molecule has 1 aliphatic rings. The van der Waals surface area contributed by atoms with Gasteiger partial charge in [0.05, 0.1) is 11.4 Å². The number of ether oxygens (including phenoxy) is 1. The average molecular weight is 416 g/mol. The molecular weight excluding hydrogens is 400 g/mol. The lowest BCUT2D eigenvalue weighted by atomic mass is 10.1. The molecule has 0 radical (unpaired) electrons. The second-order valence-electron chi connectivity index (χ2n) is 6.68. The molecule has 30 heavy (non-hydrogen) atoms. The summed E-state index contributed by atoms with van der Waals surface area (Å²) in [4.78, 5) is 28.6. The van der Waals surface area contributed by atoms with Crippen molar-refractivity contribution in [3.63, 3.8) is 0 Å². The fourth-order valence-corrected chi connectivity index (χ4v) is 3.88. The summed E-state index contributed by atoms with van der Waals surface area (Å²) in [7, 11) is 0. The number of nitrogens with zero attached hydrogens (tertiary/aromatic N) is 2. The lowest BCUT2D eigenvalue weighted by molar-refractivity contribution is -0.118. The standard InChI is InChI=1S/C22H16N4O3S/c27-20-12-29-19-8-5-15(11-17(19)23-20)18-13-30-22(24-18)25-21(28)14-3-6-16(7-4-14)26-9-1-2-10-26/h1-11,13H,12H2,(H,23,27)(H,24,25,28). The molecule has 5 rings (SSSR count). The van der Waals surface area contributed by atoms with Gasteiger partial charge in [0.2, 0.25) is 0 Å². The van der Waals surface area contributed by atoms with Crippen molar-refractivity contribution in [3.8, 4) is 22.7 Å². The van der Waals surface area contributed by atoms with Crippen molar-refractivity contribution in [2.45, 2.75) is 0 Å². The molecule has 3 heterocycles. The lowest BCUT2D eigenvalue weighted by Crippen LogP contribution is -2.25. The number of carbonyl (C=O) groups excluding carboxylic acids is 2. The predicted molar refractivity (Wildman–Crippen MR) is 115 cm³/mol. The number of nitrogens with one attached hydrogen (secondary N) is 2. The van der Waals surface area contributed by atoms with Crippen molar-refractivity contribution < 1.29 is 14.3 Å². The van der Waals surface area contributed by atoms with Crippen molar-refractivity contribution in [1.82, 2.24) is 9.55 Å². The average Bonchev–Trinajstić information content (AvgIpc) is 3.46. The van der Waals surface area contributed by atoms with Crippen LogP contribution in [0.4, 0.5) is 10.8 Å². The van der Waals surface area contributed by atoms with Gasteiger partial charge >= 0.3 is 0 Å². The topological polar surface area (TPSA) is 85.2 Å². The quantitative estimate of drug-likeness (QED) is 0.523. The van der Waals surface area contributed by atoms with Gasteiger partial charge in [0.25, 0.3) is 11.8 Å². The number of aromatic nitrogens is 2. The lowest BCUT2D eigenvalue weighted by Gasteiger charge is -2.18. The first-order valence-corrected chi connectivity index (χ1v) is 10.1. The molecule has 0 saturated heterocycles. The van der Waals surface area contributed by atoms with Crippen LogP contribution in [0, 0.1) is 0 Å². The van der Waals surface area contributed by atoms with Crippen LogP contribution in [0.15, 0.2) is 72.4 Å². The summed E-state index contributed by atoms with van der Waals surface area (Å²) in [6.45, 7) is 0.0195. The van der Waals surface area contributed by atoms with Gasteiger partial charge in [0.1, 0.15) is 5.75 Å². The maximum absolute atomic E-state index is 12.6. The van der Waals surface area contributed by atoms with E-state index in [0.717, 1.165) is 11.3 Å². The van der Waals surface area contributed by atoms with E-state index in [4.69, 9.17) is 4.74 Å². The monoisotopic (exact) mass is 416 g/mol. The van der Waals surface area contributed by atoms with Gasteiger partial charge in [-0.25, -0.2) is 4.98 Å². The number of benzene rings is 2. The number of rotatable bonds is 4. The summed E-state index contributed by atoms with van der Waals surface area (Å²) in [5.41, 5.74) is 3.69. The highest BCUT2D eigenvalue weighted by Crippen LogP contribution is 2.33. The Morgan fingerprint density at radius 3 is 2.73 bits per heavy atom. The highest BCUT2D eigenvalue weighted by molar-refractivity contribution is 7.14. The van der Waals surface area contributed by atoms with Crippen LogP contribution in [0.1, 0.15) is 10.4 Å². The van der Waals surface area contributed by atoms with Gasteiger partial charge < -0.3 is 14.6 Å². The SMILES string of the molecule is O=C1COc2ccc(-c3csc(NC(=O)c4ccc(-n5cccc5)cc4)n3)cc2N1. The highest BCUT2D eigenvalue weighted by atomic mass is 32.1. The number of anilines is 2. The molecule has 4 aromatic rings. The van der Waals surface area contributed by atoms with Crippen LogP contribution >= 0.6 is 11.3 Å². The van der Waals surface area contributed by atoms with E-state index in [1.165, 1.54) is 11.3 Å². The summed E-state index contributed by atoms with van der Waals surface area (Å²) >= 11 is 1.34. The highest BCUT2D eigenvalue weighted by Gasteiger charge is 2.17. The van der Waals surface area contributed by atoms with E-state index in [2.05, 4.69) is 15.6 Å². The van der Waals surface area contributed by atoms with Crippen LogP contribution in [0.2, 0.25) is 0 Å². The first kappa shape index (κ1) is 18.1. The molecule has 7 nitrogen and oxygen atoms in total. The van der Waals surface area contributed by atoms with Crippen molar-refractivity contribution in [1.29, 1.82) is 0 Å². The van der Waals surface area contributed by atoms with E-state index in [-0.39, 0.29) is 18.4 Å². The molecule has 8 heteroatoms. The maximum Gasteiger partial charge on any atom is 0.262 e. The van der Waals surface area contributed by atoms with Crippen molar-refractivity contribution >= 4 is 34.0 Å². The first-order valence-electron chi connectivity index (χ1n) is 9.23. The minimum absolute atomic E-state index is 0.0195. The van der Waals surface area contributed by atoms with E-state index in [1.807, 2.05) is 58.7 Å². The molecule has 0 spiro atoms. The minimum atomic E-state index is -0.221. The summed E-state index contributed by atoms with van der Waals surface area (Å²) in [5.74, 6) is 0.222. The van der Waals surface area contributed by atoms with E-state index < -0.39 is 0 Å². The van der Waals surface area contributed by atoms with E-state index in [1.54, 1.807) is 18.2 Å². The number of carbonyl (C=O) groups is 2. The van der Waals surface area contributed by atoms with Crippen molar-refractivity contribution in [3.05, 3.63) is 77.9 Å². The molecule has 0 bridgehead atoms. The molecule has 0 fully saturated rings. The summed E-state index contributed by atoms with van der Waals surface area (Å²) in [5, 5.41) is 7.99. The zero-order chi connectivity index (χ0) is 20.5. The number of hydrogen-bond donors (Lipinski definition) is 2. The van der Waals surface area contributed by atoms with Gasteiger partial charge in [-0.2, -0.15) is 0 Å². The Kier molecular flexibility index (Phi) is 4.53. The van der Waals surface area contributed by atoms with Crippen molar-refractivity contribution in [2.75, 3.05) is 17.2 Å². The summed E-state index contributed by atoms with van der Waals surface area (Å²) < 4.78 is 7.35. The van der Waals surface area contributed by atoms with Gasteiger partial charge in [0.15, 0.2) is 11.7 Å². The zero-order valence-corrected chi connectivity index (χ0v) is 16.5. The molecule has 1 aliphatic heterocycles. The zero-order valence-electron chi connectivity index (χ0n) is 15.7. The maximum atomic E-state index is 12.6. The van der Waals surface area contributed by atoms with Gasteiger partial charge in [-0.05, 0) is 54.6 Å². The molecule has 0 aliphatic carbocycles. The minimum Gasteiger partial charge on any atom is -0.482 e.